The molecule has 0 radical (unpaired) electrons. The second kappa shape index (κ2) is 12.3. The Hall–Kier alpha value is -4.53. The normalized spacial score (nSPS) is 12.6. The minimum atomic E-state index is -0.670. The van der Waals surface area contributed by atoms with Crippen LogP contribution in [0.15, 0.2) is 72.9 Å². The number of nitrogens with zero attached hydrogens (tertiary/aromatic N) is 2. The Morgan fingerprint density at radius 1 is 1.06 bits per heavy atom. The largest absolute Gasteiger partial charge is 0.405 e. The molecule has 0 bridgehead atoms. The van der Waals surface area contributed by atoms with Crippen molar-refractivity contribution in [2.24, 2.45) is 11.7 Å². The van der Waals surface area contributed by atoms with E-state index in [1.165, 1.54) is 17.2 Å². The maximum atomic E-state index is 13.3. The van der Waals surface area contributed by atoms with Gasteiger partial charge in [0.2, 0.25) is 17.7 Å². The SMILES string of the molecule is [2H]C(C)C(C)C(=O)Oc1ncccc1NC(=O)CCC(=O)N(c1ccccc1)c1ccc(C(=N)N)cc1. The molecular formula is C27H29N5O4. The van der Waals surface area contributed by atoms with Crippen LogP contribution in [0.5, 0.6) is 5.88 Å². The standard InChI is InChI=1S/C27H29N5O4/c1-3-18(2)27(35)36-26-22(10-7-17-30-26)31-23(33)15-16-24(34)32(20-8-5-4-6-9-20)21-13-11-19(12-14-21)25(28)29/h4-14,17-18H,3,15-16H2,1-2H3,(H3,28,29)(H,31,33)/i3D. The van der Waals surface area contributed by atoms with Crippen LogP contribution >= 0.6 is 0 Å². The van der Waals surface area contributed by atoms with Gasteiger partial charge >= 0.3 is 5.97 Å². The fraction of sp³-hybridized carbons (Fsp3) is 0.222. The fourth-order valence-electron chi connectivity index (χ4n) is 3.24. The number of nitrogens with two attached hydrogens (primary N) is 1. The lowest BCUT2D eigenvalue weighted by atomic mass is 10.1. The van der Waals surface area contributed by atoms with E-state index < -0.39 is 24.2 Å². The Labute approximate surface area is 211 Å². The number of hydrogen-bond donors (Lipinski definition) is 3. The van der Waals surface area contributed by atoms with Crippen LogP contribution in [0.4, 0.5) is 17.1 Å². The molecule has 2 unspecified atom stereocenters. The molecule has 0 fully saturated rings. The number of anilines is 3. The highest BCUT2D eigenvalue weighted by Gasteiger charge is 2.21. The zero-order chi connectivity index (χ0) is 26.9. The zero-order valence-corrected chi connectivity index (χ0v) is 20.1. The molecule has 186 valence electrons. The Balaban J connectivity index is 1.70. The number of nitrogens with one attached hydrogen (secondary N) is 2. The van der Waals surface area contributed by atoms with Crippen molar-refractivity contribution in [1.82, 2.24) is 4.98 Å². The maximum Gasteiger partial charge on any atom is 0.315 e. The van der Waals surface area contributed by atoms with Crippen molar-refractivity contribution >= 4 is 40.7 Å². The fourth-order valence-corrected chi connectivity index (χ4v) is 3.24. The van der Waals surface area contributed by atoms with Crippen LogP contribution in [0.2, 0.25) is 0 Å². The summed E-state index contributed by atoms with van der Waals surface area (Å²) in [4.78, 5) is 43.7. The molecule has 0 aliphatic carbocycles. The monoisotopic (exact) mass is 488 g/mol. The van der Waals surface area contributed by atoms with Crippen molar-refractivity contribution in [1.29, 1.82) is 5.41 Å². The lowest BCUT2D eigenvalue weighted by molar-refractivity contribution is -0.138. The Bertz CT molecular complexity index is 1270. The zero-order valence-electron chi connectivity index (χ0n) is 21.1. The molecule has 1 heterocycles. The molecule has 1 aromatic heterocycles. The predicted molar refractivity (Wildman–Crippen MR) is 138 cm³/mol. The molecule has 3 aromatic rings. The van der Waals surface area contributed by atoms with Gasteiger partial charge in [0, 0.05) is 37.3 Å². The summed E-state index contributed by atoms with van der Waals surface area (Å²) in [7, 11) is 0. The molecule has 4 N–H and O–H groups in total. The number of carbonyl (C=O) groups is 3. The summed E-state index contributed by atoms with van der Waals surface area (Å²) < 4.78 is 13.0. The highest BCUT2D eigenvalue weighted by atomic mass is 16.5. The number of amides is 2. The van der Waals surface area contributed by atoms with Gasteiger partial charge in [0.15, 0.2) is 0 Å². The maximum absolute atomic E-state index is 13.3. The molecule has 0 aliphatic rings. The van der Waals surface area contributed by atoms with Crippen molar-refractivity contribution in [3.8, 4) is 5.88 Å². The first kappa shape index (κ1) is 24.6. The smallest absolute Gasteiger partial charge is 0.315 e. The molecule has 0 spiro atoms. The van der Waals surface area contributed by atoms with Crippen LogP contribution < -0.4 is 20.7 Å². The minimum Gasteiger partial charge on any atom is -0.405 e. The number of nitrogen functional groups attached to an aromatic ring is 1. The third-order valence-electron chi connectivity index (χ3n) is 5.38. The first-order valence-electron chi connectivity index (χ1n) is 12.0. The van der Waals surface area contributed by atoms with E-state index in [4.69, 9.17) is 17.3 Å². The topological polar surface area (TPSA) is 138 Å². The Morgan fingerprint density at radius 3 is 2.36 bits per heavy atom. The molecule has 2 aromatic carbocycles. The Morgan fingerprint density at radius 2 is 1.72 bits per heavy atom. The van der Waals surface area contributed by atoms with Gasteiger partial charge in [-0.15, -0.1) is 0 Å². The third kappa shape index (κ3) is 6.75. The second-order valence-electron chi connectivity index (χ2n) is 7.97. The first-order valence-corrected chi connectivity index (χ1v) is 11.4. The van der Waals surface area contributed by atoms with E-state index >= 15 is 0 Å². The third-order valence-corrected chi connectivity index (χ3v) is 5.38. The predicted octanol–water partition coefficient (Wildman–Crippen LogP) is 4.40. The summed E-state index contributed by atoms with van der Waals surface area (Å²) in [6.07, 6.45) is 0.534. The van der Waals surface area contributed by atoms with Crippen LogP contribution in [0, 0.1) is 11.3 Å². The van der Waals surface area contributed by atoms with Crippen molar-refractivity contribution in [3.05, 3.63) is 78.5 Å². The number of benzene rings is 2. The average molecular weight is 489 g/mol. The van der Waals surface area contributed by atoms with Gasteiger partial charge in [0.1, 0.15) is 11.5 Å². The number of hydrogen-bond acceptors (Lipinski definition) is 6. The van der Waals surface area contributed by atoms with E-state index in [1.54, 1.807) is 68.4 Å². The molecule has 0 saturated carbocycles. The number of aromatic nitrogens is 1. The lowest BCUT2D eigenvalue weighted by Crippen LogP contribution is -2.27. The van der Waals surface area contributed by atoms with Crippen molar-refractivity contribution in [3.63, 3.8) is 0 Å². The van der Waals surface area contributed by atoms with Crippen LogP contribution in [0.1, 0.15) is 40.0 Å². The molecule has 9 heteroatoms. The van der Waals surface area contributed by atoms with Gasteiger partial charge in [-0.2, -0.15) is 0 Å². The second-order valence-corrected chi connectivity index (χ2v) is 7.97. The van der Waals surface area contributed by atoms with Gasteiger partial charge in [-0.25, -0.2) is 4.98 Å². The van der Waals surface area contributed by atoms with E-state index in [0.717, 1.165) is 0 Å². The van der Waals surface area contributed by atoms with Crippen molar-refractivity contribution < 1.29 is 20.5 Å². The van der Waals surface area contributed by atoms with Gasteiger partial charge in [-0.05, 0) is 54.9 Å². The molecule has 36 heavy (non-hydrogen) atoms. The molecule has 0 saturated heterocycles. The summed E-state index contributed by atoms with van der Waals surface area (Å²) in [6.45, 7) is 3.17. The summed E-state index contributed by atoms with van der Waals surface area (Å²) in [6, 6.07) is 18.8. The first-order chi connectivity index (χ1) is 17.7. The van der Waals surface area contributed by atoms with Gasteiger partial charge in [-0.1, -0.05) is 32.0 Å². The quantitative estimate of drug-likeness (QED) is 0.220. The number of pyridine rings is 1. The van der Waals surface area contributed by atoms with Crippen LogP contribution in [-0.4, -0.2) is 28.6 Å². The summed E-state index contributed by atoms with van der Waals surface area (Å²) in [5.41, 5.74) is 7.46. The highest BCUT2D eigenvalue weighted by Crippen LogP contribution is 2.27. The lowest BCUT2D eigenvalue weighted by Gasteiger charge is -2.23. The van der Waals surface area contributed by atoms with Crippen LogP contribution in [0.3, 0.4) is 0 Å². The summed E-state index contributed by atoms with van der Waals surface area (Å²) >= 11 is 0. The Kier molecular flexibility index (Phi) is 8.37. The number of amidine groups is 1. The number of esters is 1. The number of carbonyl (C=O) groups excluding carboxylic acids is 3. The number of ether oxygens (including phenoxy) is 1. The molecule has 2 atom stereocenters. The van der Waals surface area contributed by atoms with E-state index in [0.29, 0.717) is 16.9 Å². The minimum absolute atomic E-state index is 0.0730. The highest BCUT2D eigenvalue weighted by molar-refractivity contribution is 6.03. The summed E-state index contributed by atoms with van der Waals surface area (Å²) in [5.74, 6) is -2.22. The average Bonchev–Trinajstić information content (AvgIpc) is 2.89. The molecule has 3 rings (SSSR count). The van der Waals surface area contributed by atoms with E-state index in [9.17, 15) is 14.4 Å². The van der Waals surface area contributed by atoms with E-state index in [-0.39, 0.29) is 36.2 Å². The molecule has 2 amide bonds. The van der Waals surface area contributed by atoms with Gasteiger partial charge in [0.05, 0.1) is 5.92 Å². The van der Waals surface area contributed by atoms with Gasteiger partial charge in [0.25, 0.3) is 0 Å². The number of para-hydroxylation sites is 1. The summed E-state index contributed by atoms with van der Waals surface area (Å²) in [5, 5.41) is 10.2. The van der Waals surface area contributed by atoms with E-state index in [1.807, 2.05) is 6.07 Å². The van der Waals surface area contributed by atoms with E-state index in [2.05, 4.69) is 10.3 Å². The number of rotatable bonds is 10. The van der Waals surface area contributed by atoms with Crippen molar-refractivity contribution in [2.75, 3.05) is 10.2 Å². The molecule has 0 aliphatic heterocycles. The van der Waals surface area contributed by atoms with Crippen LogP contribution in [0.25, 0.3) is 0 Å². The molecule has 9 nitrogen and oxygen atoms in total. The molecular weight excluding hydrogens is 458 g/mol. The van der Waals surface area contributed by atoms with Gasteiger partial charge < -0.3 is 15.8 Å². The van der Waals surface area contributed by atoms with Crippen molar-refractivity contribution in [2.45, 2.75) is 33.1 Å². The van der Waals surface area contributed by atoms with Crippen LogP contribution in [-0.2, 0) is 14.4 Å². The van der Waals surface area contributed by atoms with Gasteiger partial charge in [-0.3, -0.25) is 24.7 Å².